The van der Waals surface area contributed by atoms with Crippen LogP contribution in [0.25, 0.3) is 0 Å². The van der Waals surface area contributed by atoms with Gasteiger partial charge in [-0.1, -0.05) is 54.5 Å². The van der Waals surface area contributed by atoms with E-state index in [0.29, 0.717) is 29.6 Å². The molecule has 0 aromatic heterocycles. The monoisotopic (exact) mass is 458 g/mol. The van der Waals surface area contributed by atoms with Crippen LogP contribution in [-0.4, -0.2) is 33.6 Å². The van der Waals surface area contributed by atoms with Crippen LogP contribution in [0.3, 0.4) is 0 Å². The van der Waals surface area contributed by atoms with Gasteiger partial charge < -0.3 is 10.2 Å². The molecule has 5 aliphatic carbocycles. The van der Waals surface area contributed by atoms with E-state index in [1.165, 1.54) is 19.3 Å². The van der Waals surface area contributed by atoms with E-state index in [0.717, 1.165) is 25.7 Å². The van der Waals surface area contributed by atoms with Crippen molar-refractivity contribution in [2.45, 2.75) is 123 Å². The summed E-state index contributed by atoms with van der Waals surface area (Å²) in [6, 6.07) is 0. The van der Waals surface area contributed by atoms with E-state index in [9.17, 15) is 10.2 Å². The highest BCUT2D eigenvalue weighted by atomic mass is 17.2. The molecule has 2 heterocycles. The number of rotatable bonds is 0. The largest absolute Gasteiger partial charge is 0.390 e. The lowest BCUT2D eigenvalue weighted by Gasteiger charge is -2.76. The van der Waals surface area contributed by atoms with Gasteiger partial charge in [0, 0.05) is 16.7 Å². The van der Waals surface area contributed by atoms with Crippen molar-refractivity contribution in [2.75, 3.05) is 0 Å². The van der Waals surface area contributed by atoms with Gasteiger partial charge in [-0.2, -0.15) is 0 Å². The average Bonchev–Trinajstić information content (AvgIpc) is 2.72. The van der Waals surface area contributed by atoms with Gasteiger partial charge in [0.25, 0.3) is 0 Å². The Labute approximate surface area is 200 Å². The van der Waals surface area contributed by atoms with Gasteiger partial charge in [-0.3, -0.25) is 0 Å². The standard InChI is InChI=1S/C29H46O4/c1-23(2)12-13-28-14-15-29(33-32-28)26(6)10-8-19-24(3,4)22(31)18(30)16-25(19,5)20(26)9-11-27(29,7)21(28)17-23/h14-15,18-22,30-31H,8-13,16-17H2,1-7H3/t18?,19?,20?,21?,22?,25-,26+,27-,28-,29-/m0/s1. The number of hydrogen-bond donors (Lipinski definition) is 2. The number of aliphatic hydroxyl groups excluding tert-OH is 2. The summed E-state index contributed by atoms with van der Waals surface area (Å²) in [4.78, 5) is 13.2. The number of aliphatic hydroxyl groups is 2. The lowest BCUT2D eigenvalue weighted by Crippen LogP contribution is -2.78. The number of fused-ring (bicyclic) bond motifs is 4. The third kappa shape index (κ3) is 2.43. The van der Waals surface area contributed by atoms with E-state index < -0.39 is 17.8 Å². The third-order valence-corrected chi connectivity index (χ3v) is 12.9. The van der Waals surface area contributed by atoms with Crippen molar-refractivity contribution in [1.29, 1.82) is 0 Å². The topological polar surface area (TPSA) is 58.9 Å². The van der Waals surface area contributed by atoms with Crippen LogP contribution in [0.15, 0.2) is 12.2 Å². The third-order valence-electron chi connectivity index (χ3n) is 12.9. The van der Waals surface area contributed by atoms with E-state index in [-0.39, 0.29) is 27.3 Å². The zero-order valence-corrected chi connectivity index (χ0v) is 21.9. The molecule has 33 heavy (non-hydrogen) atoms. The number of hydrogen-bond acceptors (Lipinski definition) is 4. The molecule has 7 rings (SSSR count). The van der Waals surface area contributed by atoms with Crippen molar-refractivity contribution in [3.8, 4) is 0 Å². The summed E-state index contributed by atoms with van der Waals surface area (Å²) in [5.74, 6) is 1.30. The molecule has 4 nitrogen and oxygen atoms in total. The van der Waals surface area contributed by atoms with Crippen molar-refractivity contribution >= 4 is 0 Å². The van der Waals surface area contributed by atoms with E-state index >= 15 is 0 Å². The van der Waals surface area contributed by atoms with Gasteiger partial charge in [0.1, 0.15) is 11.2 Å². The maximum atomic E-state index is 11.0. The first-order valence-corrected chi connectivity index (χ1v) is 13.6. The van der Waals surface area contributed by atoms with Crippen molar-refractivity contribution < 1.29 is 20.0 Å². The Balaban J connectivity index is 1.47. The molecule has 0 radical (unpaired) electrons. The molecule has 2 bridgehead atoms. The normalized spacial score (nSPS) is 60.3. The maximum absolute atomic E-state index is 11.0. The first kappa shape index (κ1) is 23.0. The van der Waals surface area contributed by atoms with Gasteiger partial charge >= 0.3 is 0 Å². The SMILES string of the molecule is CC1(C)CC[C@@]23C=C[C@@]4(OO2)[C@@](C)(CCC2[C@@]5(C)CC(O)C(O)C(C)(C)C5CC[C@]24C)C3C1. The molecular weight excluding hydrogens is 412 g/mol. The Morgan fingerprint density at radius 2 is 1.33 bits per heavy atom. The lowest BCUT2D eigenvalue weighted by atomic mass is 9.32. The second-order valence-electron chi connectivity index (χ2n) is 15.2. The quantitative estimate of drug-likeness (QED) is 0.355. The first-order valence-electron chi connectivity index (χ1n) is 13.6. The van der Waals surface area contributed by atoms with Gasteiger partial charge in [-0.15, -0.1) is 0 Å². The average molecular weight is 459 g/mol. The van der Waals surface area contributed by atoms with Crippen LogP contribution >= 0.6 is 0 Å². The van der Waals surface area contributed by atoms with E-state index in [2.05, 4.69) is 60.6 Å². The second kappa shape index (κ2) is 6.28. The first-order chi connectivity index (χ1) is 15.2. The predicted octanol–water partition coefficient (Wildman–Crippen LogP) is 5.81. The highest BCUT2D eigenvalue weighted by molar-refractivity contribution is 5.35. The molecule has 0 aromatic carbocycles. The molecule has 4 heteroatoms. The Kier molecular flexibility index (Phi) is 4.38. The zero-order chi connectivity index (χ0) is 23.9. The predicted molar refractivity (Wildman–Crippen MR) is 128 cm³/mol. The Morgan fingerprint density at radius 3 is 1.97 bits per heavy atom. The Hall–Kier alpha value is -0.420. The molecule has 0 amide bonds. The summed E-state index contributed by atoms with van der Waals surface area (Å²) >= 11 is 0. The molecule has 5 fully saturated rings. The molecular formula is C29H46O4. The van der Waals surface area contributed by atoms with E-state index in [4.69, 9.17) is 9.78 Å². The molecule has 7 aliphatic rings. The molecule has 4 saturated carbocycles. The van der Waals surface area contributed by atoms with Crippen LogP contribution in [-0.2, 0) is 9.78 Å². The summed E-state index contributed by atoms with van der Waals surface area (Å²) in [5, 5.41) is 21.9. The molecule has 1 saturated heterocycles. The minimum atomic E-state index is -0.661. The van der Waals surface area contributed by atoms with Gasteiger partial charge in [0.2, 0.25) is 0 Å². The highest BCUT2D eigenvalue weighted by Gasteiger charge is 2.78. The Morgan fingerprint density at radius 1 is 0.697 bits per heavy atom. The van der Waals surface area contributed by atoms with Crippen LogP contribution in [0.1, 0.15) is 99.8 Å². The molecule has 0 aromatic rings. The van der Waals surface area contributed by atoms with Gasteiger partial charge in [-0.05, 0) is 85.5 Å². The summed E-state index contributed by atoms with van der Waals surface area (Å²) in [5.41, 5.74) is -0.682. The maximum Gasteiger partial charge on any atom is 0.133 e. The molecule has 186 valence electrons. The van der Waals surface area contributed by atoms with Crippen LogP contribution in [0, 0.1) is 44.8 Å². The fourth-order valence-electron chi connectivity index (χ4n) is 11.1. The lowest BCUT2D eigenvalue weighted by molar-refractivity contribution is -0.512. The van der Waals surface area contributed by atoms with Crippen LogP contribution in [0.2, 0.25) is 0 Å². The van der Waals surface area contributed by atoms with Gasteiger partial charge in [-0.25, -0.2) is 9.78 Å². The summed E-state index contributed by atoms with van der Waals surface area (Å²) < 4.78 is 0. The summed E-state index contributed by atoms with van der Waals surface area (Å²) in [7, 11) is 0. The van der Waals surface area contributed by atoms with Crippen LogP contribution in [0.5, 0.6) is 0 Å². The molecule has 10 atom stereocenters. The highest BCUT2D eigenvalue weighted by Crippen LogP contribution is 2.78. The van der Waals surface area contributed by atoms with E-state index in [1.807, 2.05) is 0 Å². The van der Waals surface area contributed by atoms with Gasteiger partial charge in [0.05, 0.1) is 12.2 Å². The van der Waals surface area contributed by atoms with Crippen molar-refractivity contribution in [3.05, 3.63) is 12.2 Å². The fourth-order valence-corrected chi connectivity index (χ4v) is 11.1. The zero-order valence-electron chi connectivity index (χ0n) is 21.9. The van der Waals surface area contributed by atoms with Gasteiger partial charge in [0.15, 0.2) is 0 Å². The minimum Gasteiger partial charge on any atom is -0.390 e. The minimum absolute atomic E-state index is 0.0275. The molecule has 5 unspecified atom stereocenters. The van der Waals surface area contributed by atoms with Crippen molar-refractivity contribution in [2.24, 2.45) is 44.8 Å². The van der Waals surface area contributed by atoms with Crippen LogP contribution in [0.4, 0.5) is 0 Å². The van der Waals surface area contributed by atoms with Crippen LogP contribution < -0.4 is 0 Å². The smallest absolute Gasteiger partial charge is 0.133 e. The fraction of sp³-hybridized carbons (Fsp3) is 0.931. The van der Waals surface area contributed by atoms with E-state index in [1.54, 1.807) is 0 Å². The second-order valence-corrected chi connectivity index (χ2v) is 15.2. The van der Waals surface area contributed by atoms with Crippen molar-refractivity contribution in [1.82, 2.24) is 0 Å². The molecule has 2 spiro atoms. The summed E-state index contributed by atoms with van der Waals surface area (Å²) in [6.45, 7) is 16.6. The summed E-state index contributed by atoms with van der Waals surface area (Å²) in [6.07, 6.45) is 12.1. The molecule has 2 aliphatic heterocycles. The molecule has 2 N–H and O–H groups in total. The van der Waals surface area contributed by atoms with Crippen molar-refractivity contribution in [3.63, 3.8) is 0 Å². The Bertz CT molecular complexity index is 894.